The zero-order valence-corrected chi connectivity index (χ0v) is 15.5. The van der Waals surface area contributed by atoms with E-state index in [4.69, 9.17) is 9.47 Å². The Balaban J connectivity index is 1.43. The standard InChI is InChI=1S/C18H19N3O5S/c1-21(14-6-7-27(23,24)10-14)18(22)15-4-2-13(9-19-15)20-12-3-5-16-17(8-12)26-11-25-16/h2-5,8-9,14,20H,6-7,10-11H2,1H3. The molecular formula is C18H19N3O5S. The third-order valence-electron chi connectivity index (χ3n) is 4.72. The van der Waals surface area contributed by atoms with Gasteiger partial charge in [0, 0.05) is 24.8 Å². The Bertz CT molecular complexity index is 975. The van der Waals surface area contributed by atoms with E-state index in [2.05, 4.69) is 10.3 Å². The number of sulfone groups is 1. The van der Waals surface area contributed by atoms with Crippen LogP contribution in [0.3, 0.4) is 0 Å². The molecule has 0 radical (unpaired) electrons. The van der Waals surface area contributed by atoms with Crippen LogP contribution in [0.25, 0.3) is 0 Å². The Labute approximate surface area is 157 Å². The molecule has 1 amide bonds. The molecule has 1 aromatic heterocycles. The number of pyridine rings is 1. The summed E-state index contributed by atoms with van der Waals surface area (Å²) in [5.41, 5.74) is 1.81. The van der Waals surface area contributed by atoms with E-state index in [1.54, 1.807) is 25.4 Å². The van der Waals surface area contributed by atoms with Crippen LogP contribution in [0.2, 0.25) is 0 Å². The van der Waals surface area contributed by atoms with Gasteiger partial charge in [-0.3, -0.25) is 4.79 Å². The number of hydrogen-bond donors (Lipinski definition) is 1. The van der Waals surface area contributed by atoms with Crippen molar-refractivity contribution in [2.75, 3.05) is 30.7 Å². The number of carbonyl (C=O) groups excluding carboxylic acids is 1. The lowest BCUT2D eigenvalue weighted by Gasteiger charge is -2.23. The third-order valence-corrected chi connectivity index (χ3v) is 6.47. The minimum Gasteiger partial charge on any atom is -0.454 e. The highest BCUT2D eigenvalue weighted by Crippen LogP contribution is 2.35. The Hall–Kier alpha value is -2.81. The van der Waals surface area contributed by atoms with Gasteiger partial charge < -0.3 is 19.7 Å². The third kappa shape index (κ3) is 3.68. The zero-order valence-electron chi connectivity index (χ0n) is 14.7. The summed E-state index contributed by atoms with van der Waals surface area (Å²) in [6.07, 6.45) is 2.03. The van der Waals surface area contributed by atoms with Crippen LogP contribution in [0.15, 0.2) is 36.5 Å². The van der Waals surface area contributed by atoms with E-state index in [-0.39, 0.29) is 35.9 Å². The predicted molar refractivity (Wildman–Crippen MR) is 99.2 cm³/mol. The molecular weight excluding hydrogens is 370 g/mol. The molecule has 4 rings (SSSR count). The van der Waals surface area contributed by atoms with Gasteiger partial charge in [0.15, 0.2) is 21.3 Å². The predicted octanol–water partition coefficient (Wildman–Crippen LogP) is 1.81. The molecule has 142 valence electrons. The average Bonchev–Trinajstić information content (AvgIpc) is 3.26. The number of anilines is 2. The van der Waals surface area contributed by atoms with Crippen molar-refractivity contribution in [3.05, 3.63) is 42.2 Å². The number of hydrogen-bond acceptors (Lipinski definition) is 7. The van der Waals surface area contributed by atoms with Gasteiger partial charge in [0.25, 0.3) is 5.91 Å². The molecule has 1 aromatic carbocycles. The van der Waals surface area contributed by atoms with Gasteiger partial charge in [-0.25, -0.2) is 13.4 Å². The largest absolute Gasteiger partial charge is 0.454 e. The molecule has 1 fully saturated rings. The van der Waals surface area contributed by atoms with Gasteiger partial charge in [-0.05, 0) is 30.7 Å². The lowest BCUT2D eigenvalue weighted by atomic mass is 10.2. The van der Waals surface area contributed by atoms with Crippen LogP contribution >= 0.6 is 0 Å². The van der Waals surface area contributed by atoms with Crippen molar-refractivity contribution < 1.29 is 22.7 Å². The molecule has 0 aliphatic carbocycles. The second-order valence-electron chi connectivity index (χ2n) is 6.60. The first-order valence-corrected chi connectivity index (χ1v) is 10.3. The lowest BCUT2D eigenvalue weighted by Crippen LogP contribution is -2.38. The van der Waals surface area contributed by atoms with Gasteiger partial charge in [0.2, 0.25) is 6.79 Å². The smallest absolute Gasteiger partial charge is 0.272 e. The zero-order chi connectivity index (χ0) is 19.0. The van der Waals surface area contributed by atoms with Gasteiger partial charge >= 0.3 is 0 Å². The number of benzene rings is 1. The number of ether oxygens (including phenoxy) is 2. The Kier molecular flexibility index (Phi) is 4.39. The summed E-state index contributed by atoms with van der Waals surface area (Å²) in [7, 11) is -1.43. The van der Waals surface area contributed by atoms with Crippen molar-refractivity contribution in [1.82, 2.24) is 9.88 Å². The van der Waals surface area contributed by atoms with E-state index >= 15 is 0 Å². The highest BCUT2D eigenvalue weighted by molar-refractivity contribution is 7.91. The normalized spacial score (nSPS) is 19.7. The van der Waals surface area contributed by atoms with Gasteiger partial charge in [0.05, 0.1) is 23.4 Å². The van der Waals surface area contributed by atoms with E-state index in [0.717, 1.165) is 11.4 Å². The summed E-state index contributed by atoms with van der Waals surface area (Å²) in [5.74, 6) is 1.23. The Morgan fingerprint density at radius 1 is 1.19 bits per heavy atom. The maximum absolute atomic E-state index is 12.6. The second kappa shape index (κ2) is 6.73. The molecule has 1 atom stereocenters. The number of amides is 1. The van der Waals surface area contributed by atoms with Crippen LogP contribution in [0, 0.1) is 0 Å². The molecule has 0 saturated carbocycles. The van der Waals surface area contributed by atoms with E-state index < -0.39 is 9.84 Å². The first kappa shape index (κ1) is 17.6. The maximum Gasteiger partial charge on any atom is 0.272 e. The van der Waals surface area contributed by atoms with Gasteiger partial charge in [-0.1, -0.05) is 0 Å². The number of nitrogens with one attached hydrogen (secondary N) is 1. The topological polar surface area (TPSA) is 97.8 Å². The molecule has 9 heteroatoms. The molecule has 1 unspecified atom stereocenters. The first-order valence-electron chi connectivity index (χ1n) is 8.52. The van der Waals surface area contributed by atoms with E-state index in [9.17, 15) is 13.2 Å². The molecule has 1 N–H and O–H groups in total. The molecule has 2 aliphatic heterocycles. The number of nitrogens with zero attached hydrogens (tertiary/aromatic N) is 2. The van der Waals surface area contributed by atoms with Crippen molar-refractivity contribution in [3.63, 3.8) is 0 Å². The summed E-state index contributed by atoms with van der Waals surface area (Å²) in [5, 5.41) is 3.19. The summed E-state index contributed by atoms with van der Waals surface area (Å²) in [6.45, 7) is 0.215. The van der Waals surface area contributed by atoms with Crippen molar-refractivity contribution in [3.8, 4) is 11.5 Å². The molecule has 2 aromatic rings. The minimum absolute atomic E-state index is 0.0129. The molecule has 0 spiro atoms. The summed E-state index contributed by atoms with van der Waals surface area (Å²) >= 11 is 0. The van der Waals surface area contributed by atoms with Crippen LogP contribution in [0.5, 0.6) is 11.5 Å². The van der Waals surface area contributed by atoms with Crippen LogP contribution in [0.4, 0.5) is 11.4 Å². The molecule has 2 aliphatic rings. The second-order valence-corrected chi connectivity index (χ2v) is 8.83. The van der Waals surface area contributed by atoms with E-state index in [1.165, 1.54) is 4.90 Å². The number of aromatic nitrogens is 1. The van der Waals surface area contributed by atoms with Gasteiger partial charge in [-0.15, -0.1) is 0 Å². The van der Waals surface area contributed by atoms with Crippen LogP contribution in [0.1, 0.15) is 16.9 Å². The minimum atomic E-state index is -3.05. The van der Waals surface area contributed by atoms with Crippen molar-refractivity contribution in [2.24, 2.45) is 0 Å². The number of fused-ring (bicyclic) bond motifs is 1. The number of rotatable bonds is 4. The average molecular weight is 389 g/mol. The van der Waals surface area contributed by atoms with Crippen LogP contribution < -0.4 is 14.8 Å². The quantitative estimate of drug-likeness (QED) is 0.852. The summed E-state index contributed by atoms with van der Waals surface area (Å²) in [6, 6.07) is 8.59. The van der Waals surface area contributed by atoms with Crippen LogP contribution in [-0.4, -0.2) is 55.6 Å². The SMILES string of the molecule is CN(C(=O)c1ccc(Nc2ccc3c(c2)OCO3)cn1)C1CCS(=O)(=O)C1. The maximum atomic E-state index is 12.6. The lowest BCUT2D eigenvalue weighted by molar-refractivity contribution is 0.0742. The summed E-state index contributed by atoms with van der Waals surface area (Å²) in [4.78, 5) is 18.2. The fraction of sp³-hybridized carbons (Fsp3) is 0.333. The number of carbonyl (C=O) groups is 1. The molecule has 0 bridgehead atoms. The van der Waals surface area contributed by atoms with E-state index in [1.807, 2.05) is 18.2 Å². The molecule has 3 heterocycles. The van der Waals surface area contributed by atoms with E-state index in [0.29, 0.717) is 17.9 Å². The monoisotopic (exact) mass is 389 g/mol. The van der Waals surface area contributed by atoms with Crippen molar-refractivity contribution in [1.29, 1.82) is 0 Å². The molecule has 27 heavy (non-hydrogen) atoms. The van der Waals surface area contributed by atoms with Crippen molar-refractivity contribution >= 4 is 27.1 Å². The fourth-order valence-corrected chi connectivity index (χ4v) is 4.94. The first-order chi connectivity index (χ1) is 12.9. The highest BCUT2D eigenvalue weighted by Gasteiger charge is 2.33. The van der Waals surface area contributed by atoms with Gasteiger partial charge in [-0.2, -0.15) is 0 Å². The molecule has 8 nitrogen and oxygen atoms in total. The summed E-state index contributed by atoms with van der Waals surface area (Å²) < 4.78 is 33.9. The fourth-order valence-electron chi connectivity index (χ4n) is 3.16. The van der Waals surface area contributed by atoms with Gasteiger partial charge in [0.1, 0.15) is 5.69 Å². The van der Waals surface area contributed by atoms with Crippen LogP contribution in [-0.2, 0) is 9.84 Å². The molecule has 1 saturated heterocycles. The highest BCUT2D eigenvalue weighted by atomic mass is 32.2. The van der Waals surface area contributed by atoms with Crippen molar-refractivity contribution in [2.45, 2.75) is 12.5 Å². The Morgan fingerprint density at radius 3 is 2.67 bits per heavy atom. The Morgan fingerprint density at radius 2 is 1.96 bits per heavy atom.